The van der Waals surface area contributed by atoms with Crippen molar-refractivity contribution in [3.63, 3.8) is 0 Å². The molecule has 1 N–H and O–H groups in total. The summed E-state index contributed by atoms with van der Waals surface area (Å²) in [6.45, 7) is 2.74. The molecule has 0 radical (unpaired) electrons. The maximum absolute atomic E-state index is 5.72. The molecule has 3 aromatic rings. The highest BCUT2D eigenvalue weighted by molar-refractivity contribution is 5.67. The van der Waals surface area contributed by atoms with Crippen molar-refractivity contribution in [2.75, 3.05) is 19.9 Å². The molecule has 2 aliphatic heterocycles. The van der Waals surface area contributed by atoms with Crippen molar-refractivity contribution in [2.24, 2.45) is 0 Å². The van der Waals surface area contributed by atoms with Gasteiger partial charge in [-0.25, -0.2) is 4.68 Å². The Morgan fingerprint density at radius 2 is 1.96 bits per heavy atom. The van der Waals surface area contributed by atoms with E-state index in [0.717, 1.165) is 66.5 Å². The topological polar surface area (TPSA) is 57.5 Å². The Bertz CT molecular complexity index is 949. The van der Waals surface area contributed by atoms with Crippen LogP contribution in [0.25, 0.3) is 16.9 Å². The fourth-order valence-electron chi connectivity index (χ4n) is 3.71. The van der Waals surface area contributed by atoms with Crippen LogP contribution in [0.5, 0.6) is 11.5 Å². The van der Waals surface area contributed by atoms with Crippen molar-refractivity contribution in [2.45, 2.75) is 25.5 Å². The molecule has 0 saturated carbocycles. The summed E-state index contributed by atoms with van der Waals surface area (Å²) in [7, 11) is 0. The van der Waals surface area contributed by atoms with E-state index in [1.165, 1.54) is 0 Å². The van der Waals surface area contributed by atoms with Crippen molar-refractivity contribution in [3.8, 4) is 28.4 Å². The first-order valence-electron chi connectivity index (χ1n) is 9.73. The molecule has 1 aromatic heterocycles. The van der Waals surface area contributed by atoms with Crippen molar-refractivity contribution in [3.05, 3.63) is 60.3 Å². The number of aromatic nitrogens is 2. The van der Waals surface area contributed by atoms with Gasteiger partial charge in [0.25, 0.3) is 0 Å². The molecule has 6 nitrogen and oxygen atoms in total. The summed E-state index contributed by atoms with van der Waals surface area (Å²) in [5.41, 5.74) is 4.14. The normalized spacial score (nSPS) is 17.9. The smallest absolute Gasteiger partial charge is 0.231 e. The van der Waals surface area contributed by atoms with Gasteiger partial charge in [0, 0.05) is 37.0 Å². The van der Waals surface area contributed by atoms with E-state index in [2.05, 4.69) is 23.6 Å². The fourth-order valence-corrected chi connectivity index (χ4v) is 3.71. The number of nitrogens with zero attached hydrogens (tertiary/aromatic N) is 2. The van der Waals surface area contributed by atoms with Gasteiger partial charge in [-0.15, -0.1) is 0 Å². The molecule has 3 heterocycles. The Hall–Kier alpha value is -2.83. The quantitative estimate of drug-likeness (QED) is 0.712. The van der Waals surface area contributed by atoms with Crippen LogP contribution >= 0.6 is 0 Å². The SMILES string of the molecule is c1ccc(-n2cc(CNC[C@@H]3CCCO3)c(-c3ccc4c(c3)OCO4)n2)cc1. The molecule has 0 unspecified atom stereocenters. The maximum Gasteiger partial charge on any atom is 0.231 e. The monoisotopic (exact) mass is 377 g/mol. The molecule has 144 valence electrons. The summed E-state index contributed by atoms with van der Waals surface area (Å²) >= 11 is 0. The van der Waals surface area contributed by atoms with Crippen LogP contribution in [0.3, 0.4) is 0 Å². The average Bonchev–Trinajstić information content (AvgIpc) is 3.49. The second kappa shape index (κ2) is 7.66. The number of nitrogens with one attached hydrogen (secondary N) is 1. The molecule has 0 bridgehead atoms. The van der Waals surface area contributed by atoms with E-state index < -0.39 is 0 Å². The number of rotatable bonds is 6. The standard InChI is InChI=1S/C22H23N3O3/c1-2-5-18(6-3-1)25-14-17(12-23-13-19-7-4-10-26-19)22(24-25)16-8-9-20-21(11-16)28-15-27-20/h1-3,5-6,8-9,11,14,19,23H,4,7,10,12-13,15H2/t19-/m0/s1. The molecular formula is C22H23N3O3. The predicted octanol–water partition coefficient (Wildman–Crippen LogP) is 3.54. The maximum atomic E-state index is 5.72. The molecular weight excluding hydrogens is 354 g/mol. The molecule has 6 heteroatoms. The Labute approximate surface area is 164 Å². The van der Waals surface area contributed by atoms with E-state index in [0.29, 0.717) is 6.10 Å². The molecule has 1 fully saturated rings. The van der Waals surface area contributed by atoms with Crippen LogP contribution in [0.2, 0.25) is 0 Å². The highest BCUT2D eigenvalue weighted by atomic mass is 16.7. The minimum atomic E-state index is 0.271. The molecule has 1 atom stereocenters. The lowest BCUT2D eigenvalue weighted by Crippen LogP contribution is -2.25. The summed E-state index contributed by atoms with van der Waals surface area (Å²) in [4.78, 5) is 0. The number of ether oxygens (including phenoxy) is 3. The molecule has 1 saturated heterocycles. The van der Waals surface area contributed by atoms with Crippen LogP contribution in [0.15, 0.2) is 54.7 Å². The average molecular weight is 377 g/mol. The molecule has 0 aliphatic carbocycles. The second-order valence-electron chi connectivity index (χ2n) is 7.12. The molecule has 2 aliphatic rings. The van der Waals surface area contributed by atoms with Gasteiger partial charge < -0.3 is 19.5 Å². The molecule has 28 heavy (non-hydrogen) atoms. The summed E-state index contributed by atoms with van der Waals surface area (Å²) in [6, 6.07) is 16.1. The number of fused-ring (bicyclic) bond motifs is 1. The van der Waals surface area contributed by atoms with Crippen molar-refractivity contribution in [1.82, 2.24) is 15.1 Å². The van der Waals surface area contributed by atoms with Gasteiger partial charge >= 0.3 is 0 Å². The van der Waals surface area contributed by atoms with Crippen LogP contribution in [0.4, 0.5) is 0 Å². The van der Waals surface area contributed by atoms with Gasteiger partial charge in [0.05, 0.1) is 17.5 Å². The number of benzene rings is 2. The minimum absolute atomic E-state index is 0.271. The molecule has 0 spiro atoms. The van der Waals surface area contributed by atoms with Gasteiger partial charge in [-0.3, -0.25) is 0 Å². The van der Waals surface area contributed by atoms with Gasteiger partial charge in [-0.2, -0.15) is 5.10 Å². The third kappa shape index (κ3) is 3.48. The molecule has 2 aromatic carbocycles. The van der Waals surface area contributed by atoms with Gasteiger partial charge in [0.1, 0.15) is 0 Å². The first-order chi connectivity index (χ1) is 13.9. The van der Waals surface area contributed by atoms with Crippen LogP contribution in [-0.2, 0) is 11.3 Å². The Balaban J connectivity index is 1.44. The van der Waals surface area contributed by atoms with Crippen molar-refractivity contribution < 1.29 is 14.2 Å². The van der Waals surface area contributed by atoms with Crippen LogP contribution in [0.1, 0.15) is 18.4 Å². The van der Waals surface area contributed by atoms with E-state index in [1.807, 2.05) is 41.1 Å². The van der Waals surface area contributed by atoms with Gasteiger partial charge in [-0.05, 0) is 43.2 Å². The van der Waals surface area contributed by atoms with Gasteiger partial charge in [-0.1, -0.05) is 18.2 Å². The fraction of sp³-hybridized carbons (Fsp3) is 0.318. The number of hydrogen-bond donors (Lipinski definition) is 1. The van der Waals surface area contributed by atoms with Crippen LogP contribution < -0.4 is 14.8 Å². The van der Waals surface area contributed by atoms with Crippen LogP contribution in [0, 0.1) is 0 Å². The van der Waals surface area contributed by atoms with E-state index >= 15 is 0 Å². The van der Waals surface area contributed by atoms with Gasteiger partial charge in [0.2, 0.25) is 6.79 Å². The Kier molecular flexibility index (Phi) is 4.72. The highest BCUT2D eigenvalue weighted by Gasteiger charge is 2.19. The van der Waals surface area contributed by atoms with Crippen molar-refractivity contribution >= 4 is 0 Å². The Morgan fingerprint density at radius 3 is 2.82 bits per heavy atom. The first-order valence-corrected chi connectivity index (χ1v) is 9.73. The van der Waals surface area contributed by atoms with E-state index in [4.69, 9.17) is 19.3 Å². The second-order valence-corrected chi connectivity index (χ2v) is 7.12. The van der Waals surface area contributed by atoms with Gasteiger partial charge in [0.15, 0.2) is 11.5 Å². The van der Waals surface area contributed by atoms with Crippen LogP contribution in [-0.4, -0.2) is 35.8 Å². The largest absolute Gasteiger partial charge is 0.454 e. The van der Waals surface area contributed by atoms with E-state index in [1.54, 1.807) is 0 Å². The zero-order chi connectivity index (χ0) is 18.8. The highest BCUT2D eigenvalue weighted by Crippen LogP contribution is 2.36. The minimum Gasteiger partial charge on any atom is -0.454 e. The summed E-state index contributed by atoms with van der Waals surface area (Å²) in [6.07, 6.45) is 4.70. The zero-order valence-electron chi connectivity index (χ0n) is 15.6. The summed E-state index contributed by atoms with van der Waals surface area (Å²) in [5, 5.41) is 8.41. The lowest BCUT2D eigenvalue weighted by molar-refractivity contribution is 0.110. The summed E-state index contributed by atoms with van der Waals surface area (Å²) < 4.78 is 18.6. The van der Waals surface area contributed by atoms with E-state index in [9.17, 15) is 0 Å². The predicted molar refractivity (Wildman–Crippen MR) is 106 cm³/mol. The summed E-state index contributed by atoms with van der Waals surface area (Å²) in [5.74, 6) is 1.55. The van der Waals surface area contributed by atoms with Crippen molar-refractivity contribution in [1.29, 1.82) is 0 Å². The number of hydrogen-bond acceptors (Lipinski definition) is 5. The van der Waals surface area contributed by atoms with E-state index in [-0.39, 0.29) is 6.79 Å². The number of para-hydroxylation sites is 1. The third-order valence-electron chi connectivity index (χ3n) is 5.17. The third-order valence-corrected chi connectivity index (χ3v) is 5.17. The molecule has 0 amide bonds. The molecule has 5 rings (SSSR count). The lowest BCUT2D eigenvalue weighted by Gasteiger charge is -2.10. The zero-order valence-corrected chi connectivity index (χ0v) is 15.6. The lowest BCUT2D eigenvalue weighted by atomic mass is 10.1. The Morgan fingerprint density at radius 1 is 1.07 bits per heavy atom. The first kappa shape index (κ1) is 17.3.